The number of rotatable bonds is 4. The van der Waals surface area contributed by atoms with Gasteiger partial charge in [-0.1, -0.05) is 0 Å². The molecule has 0 bridgehead atoms. The van der Waals surface area contributed by atoms with Gasteiger partial charge in [-0.3, -0.25) is 4.79 Å². The standard InChI is InChI=1S/C14H16N2O6S/c1-8(17)22-13-11(20-6-7-21-13)16-14(23)15-10-4-2-9(3-5-10)12(18)19/h2-5,11,13H,6-7H2,1H3,(H,18,19)(H2,15,16,23). The van der Waals surface area contributed by atoms with E-state index in [1.165, 1.54) is 19.1 Å². The summed E-state index contributed by atoms with van der Waals surface area (Å²) < 4.78 is 15.7. The molecule has 1 heterocycles. The number of carbonyl (C=O) groups is 2. The van der Waals surface area contributed by atoms with Crippen LogP contribution in [0.1, 0.15) is 17.3 Å². The van der Waals surface area contributed by atoms with Crippen molar-refractivity contribution in [1.29, 1.82) is 0 Å². The molecule has 2 atom stereocenters. The van der Waals surface area contributed by atoms with E-state index in [0.717, 1.165) is 0 Å². The van der Waals surface area contributed by atoms with E-state index in [-0.39, 0.29) is 10.7 Å². The van der Waals surface area contributed by atoms with E-state index >= 15 is 0 Å². The lowest BCUT2D eigenvalue weighted by atomic mass is 10.2. The number of carboxylic acid groups (broad SMARTS) is 1. The van der Waals surface area contributed by atoms with Crippen molar-refractivity contribution in [3.05, 3.63) is 29.8 Å². The summed E-state index contributed by atoms with van der Waals surface area (Å²) in [6.07, 6.45) is -1.62. The molecule has 0 saturated carbocycles. The molecule has 9 heteroatoms. The van der Waals surface area contributed by atoms with Crippen LogP contribution in [0.4, 0.5) is 5.69 Å². The molecule has 0 radical (unpaired) electrons. The van der Waals surface area contributed by atoms with Crippen molar-refractivity contribution in [2.75, 3.05) is 18.5 Å². The van der Waals surface area contributed by atoms with Gasteiger partial charge in [0, 0.05) is 12.6 Å². The smallest absolute Gasteiger partial charge is 0.335 e. The average Bonchev–Trinajstić information content (AvgIpc) is 2.49. The summed E-state index contributed by atoms with van der Waals surface area (Å²) in [5.41, 5.74) is 0.779. The van der Waals surface area contributed by atoms with Crippen molar-refractivity contribution in [2.45, 2.75) is 19.4 Å². The fourth-order valence-electron chi connectivity index (χ4n) is 1.87. The minimum absolute atomic E-state index is 0.174. The van der Waals surface area contributed by atoms with Crippen molar-refractivity contribution < 1.29 is 28.9 Å². The Balaban J connectivity index is 1.92. The second-order valence-corrected chi connectivity index (χ2v) is 5.03. The number of carbonyl (C=O) groups excluding carboxylic acids is 1. The van der Waals surface area contributed by atoms with Crippen molar-refractivity contribution in [3.63, 3.8) is 0 Å². The van der Waals surface area contributed by atoms with Crippen LogP contribution in [0.15, 0.2) is 24.3 Å². The third kappa shape index (κ3) is 5.16. The van der Waals surface area contributed by atoms with Crippen molar-refractivity contribution in [2.24, 2.45) is 0 Å². The van der Waals surface area contributed by atoms with E-state index in [9.17, 15) is 9.59 Å². The van der Waals surface area contributed by atoms with E-state index < -0.39 is 24.5 Å². The Hall–Kier alpha value is -2.23. The first-order chi connectivity index (χ1) is 11.0. The normalized spacial score (nSPS) is 20.4. The molecule has 0 aromatic heterocycles. The Morgan fingerprint density at radius 2 is 1.91 bits per heavy atom. The highest BCUT2D eigenvalue weighted by Gasteiger charge is 2.30. The zero-order valence-corrected chi connectivity index (χ0v) is 13.1. The Morgan fingerprint density at radius 1 is 1.26 bits per heavy atom. The molecule has 0 spiro atoms. The molecule has 2 unspecified atom stereocenters. The summed E-state index contributed by atoms with van der Waals surface area (Å²) in [6, 6.07) is 6.07. The SMILES string of the molecule is CC(=O)OC1OCCOC1NC(=S)Nc1ccc(C(=O)O)cc1. The summed E-state index contributed by atoms with van der Waals surface area (Å²) in [5.74, 6) is -1.50. The molecular formula is C14H16N2O6S. The monoisotopic (exact) mass is 340 g/mol. The van der Waals surface area contributed by atoms with Gasteiger partial charge in [0.1, 0.15) is 0 Å². The van der Waals surface area contributed by atoms with Crippen LogP contribution in [0.3, 0.4) is 0 Å². The predicted molar refractivity (Wildman–Crippen MR) is 84.0 cm³/mol. The molecule has 1 aliphatic heterocycles. The Kier molecular flexibility index (Phi) is 5.85. The first-order valence-corrected chi connectivity index (χ1v) is 7.18. The number of hydrogen-bond donors (Lipinski definition) is 3. The van der Waals surface area contributed by atoms with Crippen LogP contribution >= 0.6 is 12.2 Å². The van der Waals surface area contributed by atoms with Gasteiger partial charge in [0.2, 0.25) is 6.29 Å². The van der Waals surface area contributed by atoms with Crippen LogP contribution in [0.25, 0.3) is 0 Å². The molecule has 0 amide bonds. The van der Waals surface area contributed by atoms with Crippen molar-refractivity contribution >= 4 is 35.0 Å². The van der Waals surface area contributed by atoms with E-state index in [1.54, 1.807) is 12.1 Å². The highest BCUT2D eigenvalue weighted by Crippen LogP contribution is 2.12. The maximum absolute atomic E-state index is 11.0. The summed E-state index contributed by atoms with van der Waals surface area (Å²) >= 11 is 5.15. The van der Waals surface area contributed by atoms with E-state index in [0.29, 0.717) is 18.9 Å². The summed E-state index contributed by atoms with van der Waals surface area (Å²) in [4.78, 5) is 21.8. The summed E-state index contributed by atoms with van der Waals surface area (Å²) in [6.45, 7) is 1.92. The quantitative estimate of drug-likeness (QED) is 0.545. The molecule has 1 aromatic carbocycles. The predicted octanol–water partition coefficient (Wildman–Crippen LogP) is 0.933. The number of aromatic carboxylic acids is 1. The minimum Gasteiger partial charge on any atom is -0.478 e. The number of carboxylic acids is 1. The average molecular weight is 340 g/mol. The Labute approximate surface area is 137 Å². The van der Waals surface area contributed by atoms with Gasteiger partial charge < -0.3 is 30.0 Å². The molecule has 0 aliphatic carbocycles. The summed E-state index contributed by atoms with van der Waals surface area (Å²) in [7, 11) is 0. The van der Waals surface area contributed by atoms with Crippen LogP contribution in [0.2, 0.25) is 0 Å². The molecule has 1 saturated heterocycles. The molecule has 1 fully saturated rings. The number of ether oxygens (including phenoxy) is 3. The zero-order valence-electron chi connectivity index (χ0n) is 12.3. The molecule has 124 valence electrons. The number of hydrogen-bond acceptors (Lipinski definition) is 6. The Bertz CT molecular complexity index is 591. The molecule has 3 N–H and O–H groups in total. The molecule has 2 rings (SSSR count). The highest BCUT2D eigenvalue weighted by molar-refractivity contribution is 7.80. The lowest BCUT2D eigenvalue weighted by Gasteiger charge is -2.32. The summed E-state index contributed by atoms with van der Waals surface area (Å²) in [5, 5.41) is 14.8. The fourth-order valence-corrected chi connectivity index (χ4v) is 2.10. The van der Waals surface area contributed by atoms with Crippen LogP contribution < -0.4 is 10.6 Å². The number of thiocarbonyl (C=S) groups is 1. The second-order valence-electron chi connectivity index (χ2n) is 4.62. The van der Waals surface area contributed by atoms with Gasteiger partial charge in [0.15, 0.2) is 11.3 Å². The van der Waals surface area contributed by atoms with Gasteiger partial charge in [0.25, 0.3) is 0 Å². The first kappa shape index (κ1) is 17.1. The third-order valence-corrected chi connectivity index (χ3v) is 3.08. The third-order valence-electron chi connectivity index (χ3n) is 2.86. The number of nitrogens with one attached hydrogen (secondary N) is 2. The van der Waals surface area contributed by atoms with E-state index in [2.05, 4.69) is 10.6 Å². The lowest BCUT2D eigenvalue weighted by Crippen LogP contribution is -2.52. The fraction of sp³-hybridized carbons (Fsp3) is 0.357. The van der Waals surface area contributed by atoms with E-state index in [1.807, 2.05) is 0 Å². The minimum atomic E-state index is -1.01. The topological polar surface area (TPSA) is 106 Å². The Morgan fingerprint density at radius 3 is 2.52 bits per heavy atom. The van der Waals surface area contributed by atoms with Gasteiger partial charge >= 0.3 is 11.9 Å². The van der Waals surface area contributed by atoms with Crippen LogP contribution in [0, 0.1) is 0 Å². The van der Waals surface area contributed by atoms with Gasteiger partial charge in [0.05, 0.1) is 18.8 Å². The molecule has 8 nitrogen and oxygen atoms in total. The second kappa shape index (κ2) is 7.86. The largest absolute Gasteiger partial charge is 0.478 e. The molecule has 1 aliphatic rings. The van der Waals surface area contributed by atoms with Gasteiger partial charge in [-0.25, -0.2) is 4.79 Å². The maximum Gasteiger partial charge on any atom is 0.335 e. The molecular weight excluding hydrogens is 324 g/mol. The maximum atomic E-state index is 11.0. The van der Waals surface area contributed by atoms with E-state index in [4.69, 9.17) is 31.5 Å². The van der Waals surface area contributed by atoms with Crippen LogP contribution in [0.5, 0.6) is 0 Å². The highest BCUT2D eigenvalue weighted by atomic mass is 32.1. The number of anilines is 1. The zero-order chi connectivity index (χ0) is 16.8. The van der Waals surface area contributed by atoms with Gasteiger partial charge in [-0.05, 0) is 36.5 Å². The first-order valence-electron chi connectivity index (χ1n) is 6.77. The van der Waals surface area contributed by atoms with Gasteiger partial charge in [-0.15, -0.1) is 0 Å². The van der Waals surface area contributed by atoms with Crippen LogP contribution in [-0.2, 0) is 19.0 Å². The lowest BCUT2D eigenvalue weighted by molar-refractivity contribution is -0.244. The molecule has 1 aromatic rings. The van der Waals surface area contributed by atoms with Gasteiger partial charge in [-0.2, -0.15) is 0 Å². The van der Waals surface area contributed by atoms with Crippen molar-refractivity contribution in [3.8, 4) is 0 Å². The number of benzene rings is 1. The number of esters is 1. The van der Waals surface area contributed by atoms with Crippen LogP contribution in [-0.4, -0.2) is 47.9 Å². The van der Waals surface area contributed by atoms with Crippen molar-refractivity contribution in [1.82, 2.24) is 5.32 Å². The molecule has 23 heavy (non-hydrogen) atoms.